The Labute approximate surface area is 826 Å². The van der Waals surface area contributed by atoms with Gasteiger partial charge in [-0.1, -0.05) is 387 Å². The van der Waals surface area contributed by atoms with E-state index in [2.05, 4.69) is 530 Å². The zero-order chi connectivity index (χ0) is 95.0. The Balaban J connectivity index is 0.000000166. The predicted octanol–water partition coefficient (Wildman–Crippen LogP) is 34.8. The van der Waals surface area contributed by atoms with Crippen molar-refractivity contribution in [3.63, 3.8) is 0 Å². The Morgan fingerprint density at radius 2 is 0.303 bits per heavy atom. The first-order valence-corrected chi connectivity index (χ1v) is 47.6. The van der Waals surface area contributed by atoms with Crippen LogP contribution in [0.3, 0.4) is 0 Å². The van der Waals surface area contributed by atoms with Gasteiger partial charge in [0.05, 0.1) is 23.3 Å². The van der Waals surface area contributed by atoms with E-state index in [0.29, 0.717) is 11.1 Å². The summed E-state index contributed by atoms with van der Waals surface area (Å²) < 4.78 is 0. The molecule has 0 aliphatic carbocycles. The molecule has 0 spiro atoms. The number of benzene rings is 24. The lowest BCUT2D eigenvalue weighted by Gasteiger charge is -2.25. The molecule has 0 bridgehead atoms. The number of nitrogens with zero attached hydrogens (tertiary/aromatic N) is 4. The molecule has 0 atom stereocenters. The molecule has 0 N–H and O–H groups in total. The monoisotopic (exact) mass is 1800 g/mol. The first-order chi connectivity index (χ1) is 70.4. The molecular weight excluding hydrogens is 1710 g/mol. The average molecular weight is 1800 g/mol. The maximum absolute atomic E-state index is 9.42. The maximum atomic E-state index is 9.42. The van der Waals surface area contributed by atoms with E-state index in [1.54, 1.807) is 0 Å². The number of nitriles is 2. The van der Waals surface area contributed by atoms with E-state index in [0.717, 1.165) is 210 Å². The smallest absolute Gasteiger partial charge is 0.0991 e. The lowest BCUT2D eigenvalue weighted by molar-refractivity contribution is 1.28. The Kier molecular flexibility index (Phi) is 23.6. The molecule has 24 aromatic rings. The topological polar surface area (TPSA) is 54.1 Å². The molecule has 656 valence electrons. The van der Waals surface area contributed by atoms with Gasteiger partial charge in [-0.05, 0) is 324 Å². The van der Waals surface area contributed by atoms with Crippen LogP contribution in [0.15, 0.2) is 510 Å². The molecule has 0 amide bonds. The van der Waals surface area contributed by atoms with Crippen molar-refractivity contribution in [1.29, 1.82) is 10.5 Å². The van der Waals surface area contributed by atoms with E-state index < -0.39 is 0 Å². The summed E-state index contributed by atoms with van der Waals surface area (Å²) in [7, 11) is 0. The Morgan fingerprint density at radius 3 is 0.514 bits per heavy atom. The largest absolute Gasteiger partial charge is 0.311 e. The van der Waals surface area contributed by atoms with Crippen molar-refractivity contribution in [2.75, 3.05) is 9.80 Å². The maximum Gasteiger partial charge on any atom is 0.0991 e. The minimum atomic E-state index is 0.603. The fourth-order valence-corrected chi connectivity index (χ4v) is 20.0. The van der Waals surface area contributed by atoms with Crippen LogP contribution in [-0.2, 0) is 0 Å². The van der Waals surface area contributed by atoms with Crippen molar-refractivity contribution < 1.29 is 0 Å². The van der Waals surface area contributed by atoms with Crippen LogP contribution in [0.25, 0.3) is 154 Å². The van der Waals surface area contributed by atoms with E-state index in [4.69, 9.17) is 0 Å². The average Bonchev–Trinajstić information content (AvgIpc) is 0.711. The second-order valence-corrected chi connectivity index (χ2v) is 35.2. The second kappa shape index (κ2) is 38.9. The fraction of sp³-hybridized carbons (Fsp3) is 0. The van der Waals surface area contributed by atoms with Gasteiger partial charge >= 0.3 is 0 Å². The molecule has 4 heteroatoms. The van der Waals surface area contributed by atoms with Gasteiger partial charge in [0, 0.05) is 78.6 Å². The zero-order valence-electron chi connectivity index (χ0n) is 77.3. The van der Waals surface area contributed by atoms with Crippen LogP contribution >= 0.6 is 0 Å². The third-order valence-corrected chi connectivity index (χ3v) is 26.7. The first kappa shape index (κ1) is 86.3. The number of hydrogen-bond donors (Lipinski definition) is 0. The molecule has 0 aromatic heterocycles. The van der Waals surface area contributed by atoms with Crippen molar-refractivity contribution in [2.24, 2.45) is 0 Å². The molecule has 24 aromatic carbocycles. The van der Waals surface area contributed by atoms with Gasteiger partial charge in [-0.2, -0.15) is 10.5 Å². The molecule has 0 saturated carbocycles. The third-order valence-electron chi connectivity index (χ3n) is 26.7. The standard InChI is InChI=1S/C80H52N2.C58H32N2/c1-7-23-59(24-8-1)69-35-19-21-37-73(69)77-55-61(45-39-57-41-47-67(48-42-57)81(63-27-11-3-12-28-63)64-29-13-4-14-30-64)71-52-54-76-78(74-38-22-20-36-70(74)60-25-9-2-10-26-60)56-62(72-51-53-75(77)79(71)80(72)76)46-40-58-43-49-68(50-44-58)82(65-31-15-5-16-32-65)66-33-17-6-18-34-66;59-37-41-23-19-39(20-24-41)27-29-45-35-55(51-17-9-7-15-47(51)43-11-3-1-4-12-43)53-33-31-50-46(30-28-40-21-25-42(38-60)26-22-40)36-56(54-34-32-49(45)57(53)58(50)54)52-18-10-8-16-48(52)44-13-5-2-6-14-44/h1-38,41-44,47-56H;1-26,31-36H. The minimum absolute atomic E-state index is 0.603. The summed E-state index contributed by atoms with van der Waals surface area (Å²) in [4.78, 5) is 4.56. The normalized spacial score (nSPS) is 10.9. The van der Waals surface area contributed by atoms with E-state index in [1.165, 1.54) is 21.9 Å². The quantitative estimate of drug-likeness (QED) is 0.0804. The van der Waals surface area contributed by atoms with Crippen molar-refractivity contribution in [2.45, 2.75) is 0 Å². The van der Waals surface area contributed by atoms with Crippen LogP contribution in [0.5, 0.6) is 0 Å². The molecular formula is C138H84N4. The highest BCUT2D eigenvalue weighted by atomic mass is 15.1. The highest BCUT2D eigenvalue weighted by Crippen LogP contribution is 2.51. The van der Waals surface area contributed by atoms with Crippen LogP contribution < -0.4 is 9.80 Å². The highest BCUT2D eigenvalue weighted by molar-refractivity contribution is 6.32. The van der Waals surface area contributed by atoms with Crippen molar-refractivity contribution in [1.82, 2.24) is 0 Å². The van der Waals surface area contributed by atoms with Crippen molar-refractivity contribution in [3.05, 3.63) is 565 Å². The SMILES string of the molecule is C(#Cc1cc(-c2ccccc2-c2ccccc2)c2ccc3c(C#Cc4ccc(N(c5ccccc5)c5ccccc5)cc4)cc(-c4ccccc4-c4ccccc4)c4ccc1c2c34)c1ccc(N(c2ccccc2)c2ccccc2)cc1.N#Cc1ccc(C#Cc2cc(-c3ccccc3-c3ccccc3)c3ccc4c(C#Cc5ccc(C#N)cc5)cc(-c5ccccc5-c5ccccc5)c5ccc2c3c45)cc1. The summed E-state index contributed by atoms with van der Waals surface area (Å²) in [6.45, 7) is 0. The van der Waals surface area contributed by atoms with Crippen LogP contribution in [0.1, 0.15) is 55.6 Å². The summed E-state index contributed by atoms with van der Waals surface area (Å²) in [5, 5.41) is 32.4. The van der Waals surface area contributed by atoms with Crippen molar-refractivity contribution >= 4 is 98.8 Å². The molecule has 0 aliphatic rings. The van der Waals surface area contributed by atoms with E-state index in [1.807, 2.05) is 48.5 Å². The molecule has 0 unspecified atom stereocenters. The summed E-state index contributed by atoms with van der Waals surface area (Å²) in [5.74, 6) is 28.9. The Hall–Kier alpha value is -19.8. The molecule has 4 nitrogen and oxygen atoms in total. The van der Waals surface area contributed by atoms with Gasteiger partial charge in [-0.25, -0.2) is 0 Å². The fourth-order valence-electron chi connectivity index (χ4n) is 20.0. The van der Waals surface area contributed by atoms with Crippen LogP contribution in [0, 0.1) is 70.0 Å². The summed E-state index contributed by atoms with van der Waals surface area (Å²) in [6, 6.07) is 183. The van der Waals surface area contributed by atoms with E-state index in [9.17, 15) is 10.5 Å². The molecule has 0 aliphatic heterocycles. The summed E-state index contributed by atoms with van der Waals surface area (Å²) in [6.07, 6.45) is 0. The van der Waals surface area contributed by atoms with Crippen LogP contribution in [0.4, 0.5) is 34.1 Å². The number of rotatable bonds is 14. The molecule has 142 heavy (non-hydrogen) atoms. The summed E-state index contributed by atoms with van der Waals surface area (Å²) in [5.41, 5.74) is 33.2. The lowest BCUT2D eigenvalue weighted by atomic mass is 9.82. The first-order valence-electron chi connectivity index (χ1n) is 47.6. The third kappa shape index (κ3) is 17.1. The van der Waals surface area contributed by atoms with Crippen LogP contribution in [-0.4, -0.2) is 0 Å². The number of hydrogen-bond acceptors (Lipinski definition) is 4. The van der Waals surface area contributed by atoms with Gasteiger partial charge < -0.3 is 9.80 Å². The van der Waals surface area contributed by atoms with Crippen LogP contribution in [0.2, 0.25) is 0 Å². The van der Waals surface area contributed by atoms with Gasteiger partial charge in [0.2, 0.25) is 0 Å². The van der Waals surface area contributed by atoms with E-state index in [-0.39, 0.29) is 0 Å². The van der Waals surface area contributed by atoms with E-state index >= 15 is 0 Å². The van der Waals surface area contributed by atoms with Gasteiger partial charge in [-0.3, -0.25) is 0 Å². The number of anilines is 6. The van der Waals surface area contributed by atoms with Gasteiger partial charge in [0.25, 0.3) is 0 Å². The number of para-hydroxylation sites is 4. The lowest BCUT2D eigenvalue weighted by Crippen LogP contribution is -2.09. The zero-order valence-corrected chi connectivity index (χ0v) is 77.3. The molecule has 0 heterocycles. The molecule has 0 radical (unpaired) electrons. The van der Waals surface area contributed by atoms with Gasteiger partial charge in [-0.15, -0.1) is 0 Å². The second-order valence-electron chi connectivity index (χ2n) is 35.2. The molecule has 24 rings (SSSR count). The molecule has 0 fully saturated rings. The van der Waals surface area contributed by atoms with Gasteiger partial charge in [0.15, 0.2) is 0 Å². The Morgan fingerprint density at radius 1 is 0.134 bits per heavy atom. The predicted molar refractivity (Wildman–Crippen MR) is 592 cm³/mol. The molecule has 0 saturated heterocycles. The minimum Gasteiger partial charge on any atom is -0.311 e. The highest BCUT2D eigenvalue weighted by Gasteiger charge is 2.26. The van der Waals surface area contributed by atoms with Gasteiger partial charge in [0.1, 0.15) is 0 Å². The van der Waals surface area contributed by atoms with Crippen molar-refractivity contribution in [3.8, 4) is 149 Å². The summed E-state index contributed by atoms with van der Waals surface area (Å²) >= 11 is 0. The Bertz CT molecular complexity index is 8610.